The van der Waals surface area contributed by atoms with Crippen molar-refractivity contribution in [3.8, 4) is 16.2 Å². The number of benzene rings is 2. The van der Waals surface area contributed by atoms with E-state index in [-0.39, 0.29) is 5.91 Å². The zero-order valence-corrected chi connectivity index (χ0v) is 17.1. The predicted molar refractivity (Wildman–Crippen MR) is 113 cm³/mol. The van der Waals surface area contributed by atoms with E-state index < -0.39 is 0 Å². The average Bonchev–Trinajstić information content (AvgIpc) is 3.12. The van der Waals surface area contributed by atoms with Crippen LogP contribution in [-0.2, 0) is 12.3 Å². The zero-order chi connectivity index (χ0) is 18.8. The quantitative estimate of drug-likeness (QED) is 0.555. The van der Waals surface area contributed by atoms with Gasteiger partial charge in [0.15, 0.2) is 0 Å². The van der Waals surface area contributed by atoms with Gasteiger partial charge in [0.25, 0.3) is 5.91 Å². The Labute approximate surface area is 171 Å². The molecule has 1 amide bonds. The minimum absolute atomic E-state index is 0.0381. The summed E-state index contributed by atoms with van der Waals surface area (Å²) >= 11 is 9.42. The maximum Gasteiger partial charge on any atom is 0.261 e. The van der Waals surface area contributed by atoms with E-state index in [0.717, 1.165) is 27.0 Å². The number of rotatable bonds is 5. The minimum atomic E-state index is -0.0381. The summed E-state index contributed by atoms with van der Waals surface area (Å²) in [6.45, 7) is 3.10. The molecule has 1 N–H and O–H groups in total. The van der Waals surface area contributed by atoms with E-state index in [0.29, 0.717) is 13.2 Å². The van der Waals surface area contributed by atoms with Crippen molar-refractivity contribution in [1.29, 1.82) is 0 Å². The van der Waals surface area contributed by atoms with Crippen LogP contribution in [0.4, 0.5) is 0 Å². The first kappa shape index (κ1) is 18.4. The van der Waals surface area contributed by atoms with Crippen LogP contribution in [0, 0.1) is 0 Å². The third-order valence-electron chi connectivity index (χ3n) is 4.29. The van der Waals surface area contributed by atoms with Gasteiger partial charge < -0.3 is 10.1 Å². The standard InChI is InChI=1S/C21H18ClNO2S2/c1-2-25-16-6-3-13(4-7-16)11-23-21(24)19-9-14-12-26-18-10-15(22)5-8-17(18)20(14)27-19/h3-10H,2,11-12H2,1H3,(H,23,24). The number of halogens is 1. The van der Waals surface area contributed by atoms with Crippen LogP contribution in [0.5, 0.6) is 5.75 Å². The van der Waals surface area contributed by atoms with Gasteiger partial charge in [-0.15, -0.1) is 23.1 Å². The van der Waals surface area contributed by atoms with E-state index in [1.54, 1.807) is 23.1 Å². The molecule has 4 rings (SSSR count). The van der Waals surface area contributed by atoms with E-state index in [1.807, 2.05) is 55.5 Å². The molecule has 0 fully saturated rings. The highest BCUT2D eigenvalue weighted by molar-refractivity contribution is 7.98. The van der Waals surface area contributed by atoms with Crippen LogP contribution in [-0.4, -0.2) is 12.5 Å². The Bertz CT molecular complexity index is 982. The Balaban J connectivity index is 1.47. The van der Waals surface area contributed by atoms with Gasteiger partial charge in [0.1, 0.15) is 5.75 Å². The number of hydrogen-bond acceptors (Lipinski definition) is 4. The van der Waals surface area contributed by atoms with Gasteiger partial charge >= 0.3 is 0 Å². The number of amides is 1. The van der Waals surface area contributed by atoms with Gasteiger partial charge in [-0.3, -0.25) is 4.79 Å². The molecule has 3 nitrogen and oxygen atoms in total. The fourth-order valence-electron chi connectivity index (χ4n) is 2.97. The Morgan fingerprint density at radius 1 is 1.19 bits per heavy atom. The number of ether oxygens (including phenoxy) is 1. The molecule has 2 heterocycles. The first-order valence-corrected chi connectivity index (χ1v) is 10.9. The molecule has 2 aromatic carbocycles. The van der Waals surface area contributed by atoms with E-state index in [4.69, 9.17) is 16.3 Å². The summed E-state index contributed by atoms with van der Waals surface area (Å²) in [4.78, 5) is 15.7. The number of hydrogen-bond donors (Lipinski definition) is 1. The lowest BCUT2D eigenvalue weighted by molar-refractivity contribution is 0.0955. The third-order valence-corrected chi connectivity index (χ3v) is 6.84. The molecule has 1 aliphatic rings. The van der Waals surface area contributed by atoms with Crippen molar-refractivity contribution < 1.29 is 9.53 Å². The van der Waals surface area contributed by atoms with Gasteiger partial charge in [-0.1, -0.05) is 29.8 Å². The van der Waals surface area contributed by atoms with Gasteiger partial charge in [0, 0.05) is 32.7 Å². The Morgan fingerprint density at radius 2 is 2.00 bits per heavy atom. The molecule has 0 bridgehead atoms. The fraction of sp³-hybridized carbons (Fsp3) is 0.190. The smallest absolute Gasteiger partial charge is 0.261 e. The predicted octanol–water partition coefficient (Wildman–Crippen LogP) is 6.00. The Morgan fingerprint density at radius 3 is 2.78 bits per heavy atom. The summed E-state index contributed by atoms with van der Waals surface area (Å²) in [7, 11) is 0. The first-order chi connectivity index (χ1) is 13.1. The molecule has 1 aliphatic heterocycles. The summed E-state index contributed by atoms with van der Waals surface area (Å²) in [6, 6.07) is 15.8. The highest BCUT2D eigenvalue weighted by atomic mass is 35.5. The van der Waals surface area contributed by atoms with Crippen LogP contribution >= 0.6 is 34.7 Å². The third kappa shape index (κ3) is 4.00. The second-order valence-corrected chi connectivity index (χ2v) is 8.66. The van der Waals surface area contributed by atoms with Gasteiger partial charge in [-0.2, -0.15) is 0 Å². The number of thiophene rings is 1. The van der Waals surface area contributed by atoms with Crippen LogP contribution in [0.2, 0.25) is 5.02 Å². The SMILES string of the molecule is CCOc1ccc(CNC(=O)c2cc3c(s2)-c2ccc(Cl)cc2SC3)cc1. The summed E-state index contributed by atoms with van der Waals surface area (Å²) < 4.78 is 5.44. The summed E-state index contributed by atoms with van der Waals surface area (Å²) in [5, 5.41) is 3.76. The highest BCUT2D eigenvalue weighted by Crippen LogP contribution is 2.46. The summed E-state index contributed by atoms with van der Waals surface area (Å²) in [5.74, 6) is 1.67. The number of nitrogens with one attached hydrogen (secondary N) is 1. The van der Waals surface area contributed by atoms with Crippen LogP contribution in [0.1, 0.15) is 27.7 Å². The van der Waals surface area contributed by atoms with Crippen LogP contribution in [0.15, 0.2) is 53.4 Å². The topological polar surface area (TPSA) is 38.3 Å². The monoisotopic (exact) mass is 415 g/mol. The molecule has 0 aliphatic carbocycles. The summed E-state index contributed by atoms with van der Waals surface area (Å²) in [6.07, 6.45) is 0. The number of carbonyl (C=O) groups excluding carboxylic acids is 1. The first-order valence-electron chi connectivity index (χ1n) is 8.69. The largest absolute Gasteiger partial charge is 0.494 e. The van der Waals surface area contributed by atoms with Crippen molar-refractivity contribution >= 4 is 40.6 Å². The van der Waals surface area contributed by atoms with E-state index in [9.17, 15) is 4.79 Å². The molecule has 0 radical (unpaired) electrons. The minimum Gasteiger partial charge on any atom is -0.494 e. The van der Waals surface area contributed by atoms with E-state index >= 15 is 0 Å². The average molecular weight is 416 g/mol. The lowest BCUT2D eigenvalue weighted by Gasteiger charge is -2.15. The normalized spacial score (nSPS) is 12.2. The van der Waals surface area contributed by atoms with Crippen LogP contribution in [0.3, 0.4) is 0 Å². The van der Waals surface area contributed by atoms with Crippen LogP contribution in [0.25, 0.3) is 10.4 Å². The molecule has 0 saturated carbocycles. The molecule has 1 aromatic heterocycles. The maximum atomic E-state index is 12.6. The van der Waals surface area contributed by atoms with E-state index in [1.165, 1.54) is 20.9 Å². The lowest BCUT2D eigenvalue weighted by atomic mass is 10.1. The molecule has 0 saturated heterocycles. The number of thioether (sulfide) groups is 1. The second-order valence-electron chi connectivity index (χ2n) is 6.15. The number of fused-ring (bicyclic) bond motifs is 3. The van der Waals surface area contributed by atoms with Gasteiger partial charge in [0.05, 0.1) is 11.5 Å². The molecule has 138 valence electrons. The highest BCUT2D eigenvalue weighted by Gasteiger charge is 2.22. The van der Waals surface area contributed by atoms with Crippen molar-refractivity contribution in [1.82, 2.24) is 5.32 Å². The summed E-state index contributed by atoms with van der Waals surface area (Å²) in [5.41, 5.74) is 3.43. The van der Waals surface area contributed by atoms with Crippen molar-refractivity contribution in [3.63, 3.8) is 0 Å². The molecule has 0 unspecified atom stereocenters. The van der Waals surface area contributed by atoms with Gasteiger partial charge in [0.2, 0.25) is 0 Å². The molecule has 27 heavy (non-hydrogen) atoms. The molecule has 0 spiro atoms. The van der Waals surface area contributed by atoms with Crippen molar-refractivity contribution in [3.05, 3.63) is 69.6 Å². The maximum absolute atomic E-state index is 12.6. The van der Waals surface area contributed by atoms with Crippen molar-refractivity contribution in [2.24, 2.45) is 0 Å². The molecular formula is C21H18ClNO2S2. The van der Waals surface area contributed by atoms with Crippen molar-refractivity contribution in [2.45, 2.75) is 24.1 Å². The Hall–Kier alpha value is -1.95. The second kappa shape index (κ2) is 7.97. The lowest BCUT2D eigenvalue weighted by Crippen LogP contribution is -2.21. The van der Waals surface area contributed by atoms with E-state index in [2.05, 4.69) is 5.32 Å². The molecule has 6 heteroatoms. The van der Waals surface area contributed by atoms with Gasteiger partial charge in [-0.05, 0) is 48.4 Å². The molecular weight excluding hydrogens is 398 g/mol. The van der Waals surface area contributed by atoms with Gasteiger partial charge in [-0.25, -0.2) is 0 Å². The fourth-order valence-corrected chi connectivity index (χ4v) is 5.58. The Kier molecular flexibility index (Phi) is 5.43. The molecule has 0 atom stereocenters. The number of carbonyl (C=O) groups is 1. The van der Waals surface area contributed by atoms with Crippen molar-refractivity contribution in [2.75, 3.05) is 6.61 Å². The molecule has 3 aromatic rings. The van der Waals surface area contributed by atoms with Crippen LogP contribution < -0.4 is 10.1 Å². The zero-order valence-electron chi connectivity index (χ0n) is 14.8.